The van der Waals surface area contributed by atoms with Gasteiger partial charge in [0.15, 0.2) is 11.6 Å². The third kappa shape index (κ3) is 3.74. The molecule has 0 aliphatic rings. The van der Waals surface area contributed by atoms with Crippen LogP contribution in [0.2, 0.25) is 0 Å². The van der Waals surface area contributed by atoms with Crippen LogP contribution in [-0.2, 0) is 0 Å². The lowest BCUT2D eigenvalue weighted by Gasteiger charge is -2.08. The van der Waals surface area contributed by atoms with Gasteiger partial charge in [-0.25, -0.2) is 4.39 Å². The number of aromatic nitrogens is 3. The second kappa shape index (κ2) is 6.78. The van der Waals surface area contributed by atoms with Gasteiger partial charge in [0.2, 0.25) is 11.8 Å². The van der Waals surface area contributed by atoms with Gasteiger partial charge in [0, 0.05) is 7.05 Å². The second-order valence-electron chi connectivity index (χ2n) is 3.98. The van der Waals surface area contributed by atoms with Crippen molar-refractivity contribution >= 4 is 5.95 Å². The number of nitrogens with one attached hydrogen (secondary N) is 1. The van der Waals surface area contributed by atoms with Crippen molar-refractivity contribution in [1.29, 1.82) is 0 Å². The van der Waals surface area contributed by atoms with Crippen molar-refractivity contribution in [3.63, 3.8) is 0 Å². The molecule has 1 N–H and O–H groups in total. The molecule has 0 fully saturated rings. The van der Waals surface area contributed by atoms with Gasteiger partial charge in [-0.05, 0) is 18.6 Å². The Morgan fingerprint density at radius 2 is 1.90 bits per heavy atom. The summed E-state index contributed by atoms with van der Waals surface area (Å²) in [4.78, 5) is 11.8. The number of halogens is 2. The van der Waals surface area contributed by atoms with Crippen LogP contribution in [0.4, 0.5) is 14.7 Å². The summed E-state index contributed by atoms with van der Waals surface area (Å²) in [6.45, 7) is 2.35. The van der Waals surface area contributed by atoms with Crippen LogP contribution < -0.4 is 14.8 Å². The summed E-state index contributed by atoms with van der Waals surface area (Å²) in [5.41, 5.74) is 0. The Morgan fingerprint density at radius 1 is 1.14 bits per heavy atom. The monoisotopic (exact) mass is 296 g/mol. The fourth-order valence-corrected chi connectivity index (χ4v) is 1.41. The molecule has 0 amide bonds. The lowest BCUT2D eigenvalue weighted by molar-refractivity contribution is 0.284. The summed E-state index contributed by atoms with van der Waals surface area (Å²) in [5, 5.41) is 2.71. The van der Waals surface area contributed by atoms with Crippen LogP contribution in [-0.4, -0.2) is 28.6 Å². The van der Waals surface area contributed by atoms with Gasteiger partial charge >= 0.3 is 12.0 Å². The molecule has 6 nitrogen and oxygen atoms in total. The van der Waals surface area contributed by atoms with E-state index >= 15 is 0 Å². The molecule has 0 spiro atoms. The molecule has 112 valence electrons. The van der Waals surface area contributed by atoms with E-state index in [1.54, 1.807) is 7.05 Å². The van der Waals surface area contributed by atoms with E-state index in [0.717, 1.165) is 12.5 Å². The third-order valence-corrected chi connectivity index (χ3v) is 2.37. The molecule has 0 radical (unpaired) electrons. The number of hydrogen-bond acceptors (Lipinski definition) is 6. The van der Waals surface area contributed by atoms with Gasteiger partial charge in [0.05, 0.1) is 6.61 Å². The Labute approximate surface area is 120 Å². The zero-order valence-electron chi connectivity index (χ0n) is 11.6. The molecule has 8 heteroatoms. The SMILES string of the molecule is CCCOc1nc(NC)nc(Oc2cccc(F)c2F)n1. The number of nitrogens with zero attached hydrogens (tertiary/aromatic N) is 3. The first-order valence-electron chi connectivity index (χ1n) is 6.32. The molecule has 0 atom stereocenters. The van der Waals surface area contributed by atoms with E-state index < -0.39 is 11.6 Å². The van der Waals surface area contributed by atoms with Crippen molar-refractivity contribution in [1.82, 2.24) is 15.0 Å². The highest BCUT2D eigenvalue weighted by Gasteiger charge is 2.13. The smallest absolute Gasteiger partial charge is 0.330 e. The van der Waals surface area contributed by atoms with Crippen LogP contribution in [0.5, 0.6) is 17.8 Å². The molecule has 0 bridgehead atoms. The van der Waals surface area contributed by atoms with E-state index in [-0.39, 0.29) is 23.7 Å². The first-order chi connectivity index (χ1) is 10.1. The average Bonchev–Trinajstić information content (AvgIpc) is 2.49. The zero-order valence-corrected chi connectivity index (χ0v) is 11.6. The topological polar surface area (TPSA) is 69.2 Å². The zero-order chi connectivity index (χ0) is 15.2. The summed E-state index contributed by atoms with van der Waals surface area (Å²) in [6, 6.07) is 3.44. The Hall–Kier alpha value is -2.51. The van der Waals surface area contributed by atoms with E-state index in [4.69, 9.17) is 9.47 Å². The maximum atomic E-state index is 13.6. The standard InChI is InChI=1S/C13H14F2N4O2/c1-3-7-20-12-17-11(16-2)18-13(19-12)21-9-6-4-5-8(14)10(9)15/h4-6H,3,7H2,1-2H3,(H,16,17,18,19). The Balaban J connectivity index is 2.28. The molecule has 0 saturated heterocycles. The Morgan fingerprint density at radius 3 is 2.62 bits per heavy atom. The van der Waals surface area contributed by atoms with Gasteiger partial charge in [0.1, 0.15) is 0 Å². The number of rotatable bonds is 6. The van der Waals surface area contributed by atoms with E-state index in [2.05, 4.69) is 20.3 Å². The van der Waals surface area contributed by atoms with Crippen molar-refractivity contribution in [3.05, 3.63) is 29.8 Å². The average molecular weight is 296 g/mol. The number of ether oxygens (including phenoxy) is 2. The van der Waals surface area contributed by atoms with Crippen LogP contribution >= 0.6 is 0 Å². The highest BCUT2D eigenvalue weighted by atomic mass is 19.2. The van der Waals surface area contributed by atoms with E-state index in [0.29, 0.717) is 6.61 Å². The Bertz CT molecular complexity index is 625. The lowest BCUT2D eigenvalue weighted by Crippen LogP contribution is -2.06. The van der Waals surface area contributed by atoms with E-state index in [1.807, 2.05) is 6.92 Å². The fraction of sp³-hybridized carbons (Fsp3) is 0.308. The lowest BCUT2D eigenvalue weighted by atomic mass is 10.3. The summed E-state index contributed by atoms with van der Waals surface area (Å²) in [7, 11) is 1.60. The van der Waals surface area contributed by atoms with Crippen molar-refractivity contribution in [2.75, 3.05) is 19.0 Å². The summed E-state index contributed by atoms with van der Waals surface area (Å²) < 4.78 is 37.1. The van der Waals surface area contributed by atoms with Crippen molar-refractivity contribution in [2.45, 2.75) is 13.3 Å². The van der Waals surface area contributed by atoms with Crippen LogP contribution in [0, 0.1) is 11.6 Å². The predicted molar refractivity (Wildman–Crippen MR) is 71.6 cm³/mol. The van der Waals surface area contributed by atoms with Crippen LogP contribution in [0.1, 0.15) is 13.3 Å². The van der Waals surface area contributed by atoms with Gasteiger partial charge in [-0.3, -0.25) is 0 Å². The molecule has 2 aromatic rings. The van der Waals surface area contributed by atoms with Crippen LogP contribution in [0.3, 0.4) is 0 Å². The third-order valence-electron chi connectivity index (χ3n) is 2.37. The fourth-order valence-electron chi connectivity index (χ4n) is 1.41. The minimum absolute atomic E-state index is 0.0445. The van der Waals surface area contributed by atoms with Crippen molar-refractivity contribution < 1.29 is 18.3 Å². The van der Waals surface area contributed by atoms with Crippen molar-refractivity contribution in [2.24, 2.45) is 0 Å². The molecule has 21 heavy (non-hydrogen) atoms. The summed E-state index contributed by atoms with van der Waals surface area (Å²) in [5.74, 6) is -2.24. The molecular weight excluding hydrogens is 282 g/mol. The predicted octanol–water partition coefficient (Wildman–Crippen LogP) is 2.77. The minimum atomic E-state index is -1.11. The first-order valence-corrected chi connectivity index (χ1v) is 6.32. The van der Waals surface area contributed by atoms with Crippen LogP contribution in [0.15, 0.2) is 18.2 Å². The van der Waals surface area contributed by atoms with Crippen molar-refractivity contribution in [3.8, 4) is 17.8 Å². The van der Waals surface area contributed by atoms with Gasteiger partial charge in [-0.15, -0.1) is 4.98 Å². The van der Waals surface area contributed by atoms with Gasteiger partial charge in [-0.1, -0.05) is 13.0 Å². The second-order valence-corrected chi connectivity index (χ2v) is 3.98. The largest absolute Gasteiger partial charge is 0.463 e. The quantitative estimate of drug-likeness (QED) is 0.884. The number of anilines is 1. The summed E-state index contributed by atoms with van der Waals surface area (Å²) >= 11 is 0. The minimum Gasteiger partial charge on any atom is -0.463 e. The van der Waals surface area contributed by atoms with Gasteiger partial charge in [-0.2, -0.15) is 14.4 Å². The van der Waals surface area contributed by atoms with E-state index in [1.165, 1.54) is 12.1 Å². The van der Waals surface area contributed by atoms with E-state index in [9.17, 15) is 8.78 Å². The highest BCUT2D eigenvalue weighted by molar-refractivity contribution is 5.31. The molecule has 0 saturated carbocycles. The summed E-state index contributed by atoms with van der Waals surface area (Å²) in [6.07, 6.45) is 0.773. The molecule has 0 unspecified atom stereocenters. The highest BCUT2D eigenvalue weighted by Crippen LogP contribution is 2.24. The first kappa shape index (κ1) is 14.9. The maximum absolute atomic E-state index is 13.6. The number of hydrogen-bond donors (Lipinski definition) is 1. The molecule has 0 aliphatic heterocycles. The van der Waals surface area contributed by atoms with Crippen LogP contribution in [0.25, 0.3) is 0 Å². The maximum Gasteiger partial charge on any atom is 0.330 e. The number of benzene rings is 1. The molecule has 1 aromatic heterocycles. The molecular formula is C13H14F2N4O2. The molecule has 0 aliphatic carbocycles. The molecule has 2 rings (SSSR count). The normalized spacial score (nSPS) is 10.3. The van der Waals surface area contributed by atoms with Gasteiger partial charge in [0.25, 0.3) is 0 Å². The molecule has 1 heterocycles. The molecule has 1 aromatic carbocycles. The van der Waals surface area contributed by atoms with Gasteiger partial charge < -0.3 is 14.8 Å². The Kier molecular flexibility index (Phi) is 4.81.